The van der Waals surface area contributed by atoms with Gasteiger partial charge in [-0.2, -0.15) is 0 Å². The first-order valence-electron chi connectivity index (χ1n) is 6.52. The molecule has 114 valence electrons. The summed E-state index contributed by atoms with van der Waals surface area (Å²) in [5.74, 6) is -0.428. The maximum Gasteiger partial charge on any atom is 0.330 e. The zero-order valence-electron chi connectivity index (χ0n) is 12.1. The summed E-state index contributed by atoms with van der Waals surface area (Å²) in [5.41, 5.74) is 0.998. The highest BCUT2D eigenvalue weighted by Gasteiger charge is 2.11. The van der Waals surface area contributed by atoms with E-state index in [9.17, 15) is 13.2 Å². The minimum Gasteiger partial charge on any atom is -0.463 e. The predicted octanol–water partition coefficient (Wildman–Crippen LogP) is 1.95. The molecule has 0 atom stereocenters. The van der Waals surface area contributed by atoms with Crippen LogP contribution in [0.3, 0.4) is 0 Å². The van der Waals surface area contributed by atoms with Gasteiger partial charge in [-0.1, -0.05) is 35.9 Å². The average Bonchev–Trinajstić information content (AvgIpc) is 2.43. The summed E-state index contributed by atoms with van der Waals surface area (Å²) in [6.45, 7) is 4.08. The molecule has 0 aliphatic carbocycles. The van der Waals surface area contributed by atoms with Crippen molar-refractivity contribution in [3.8, 4) is 0 Å². The Balaban J connectivity index is 2.47. The van der Waals surface area contributed by atoms with Crippen LogP contribution in [0.1, 0.15) is 12.5 Å². The fraction of sp³-hybridized carbons (Fsp3) is 0.267. The van der Waals surface area contributed by atoms with Crippen LogP contribution in [-0.4, -0.2) is 27.5 Å². The second-order valence-electron chi connectivity index (χ2n) is 4.20. The fourth-order valence-electron chi connectivity index (χ4n) is 1.43. The number of sulfonamides is 1. The van der Waals surface area contributed by atoms with E-state index in [-0.39, 0.29) is 11.4 Å². The molecule has 0 saturated heterocycles. The molecular weight excluding hydrogens is 290 g/mol. The van der Waals surface area contributed by atoms with E-state index in [1.165, 1.54) is 12.2 Å². The molecule has 1 rings (SSSR count). The number of hydrogen-bond acceptors (Lipinski definition) is 4. The number of rotatable bonds is 7. The lowest BCUT2D eigenvalue weighted by molar-refractivity contribution is -0.137. The Labute approximate surface area is 125 Å². The van der Waals surface area contributed by atoms with Crippen molar-refractivity contribution in [1.82, 2.24) is 4.72 Å². The summed E-state index contributed by atoms with van der Waals surface area (Å²) in [7, 11) is -3.51. The van der Waals surface area contributed by atoms with Crippen molar-refractivity contribution in [2.75, 3.05) is 13.2 Å². The van der Waals surface area contributed by atoms with E-state index in [0.717, 1.165) is 5.56 Å². The summed E-state index contributed by atoms with van der Waals surface area (Å²) in [4.78, 5) is 11.2. The lowest BCUT2D eigenvalue weighted by Gasteiger charge is -2.04. The van der Waals surface area contributed by atoms with Crippen LogP contribution in [0, 0.1) is 6.92 Å². The molecule has 0 aromatic heterocycles. The van der Waals surface area contributed by atoms with Gasteiger partial charge in [-0.15, -0.1) is 0 Å². The number of hydrogen-bond donors (Lipinski definition) is 1. The molecule has 0 radical (unpaired) electrons. The van der Waals surface area contributed by atoms with Crippen LogP contribution < -0.4 is 4.72 Å². The fourth-order valence-corrected chi connectivity index (χ4v) is 2.41. The predicted molar refractivity (Wildman–Crippen MR) is 81.3 cm³/mol. The van der Waals surface area contributed by atoms with Gasteiger partial charge in [-0.3, -0.25) is 0 Å². The van der Waals surface area contributed by atoms with Crippen LogP contribution >= 0.6 is 0 Å². The summed E-state index contributed by atoms with van der Waals surface area (Å²) >= 11 is 0. The molecule has 0 spiro atoms. The molecule has 0 saturated carbocycles. The quantitative estimate of drug-likeness (QED) is 0.475. The van der Waals surface area contributed by atoms with Crippen molar-refractivity contribution in [2.45, 2.75) is 18.7 Å². The van der Waals surface area contributed by atoms with E-state index >= 15 is 0 Å². The molecule has 0 bridgehead atoms. The molecule has 0 aliphatic heterocycles. The third-order valence-corrected chi connectivity index (χ3v) is 3.93. The number of aryl methyl sites for hydroxylation is 1. The average molecular weight is 309 g/mol. The molecule has 5 nitrogen and oxygen atoms in total. The van der Waals surface area contributed by atoms with Gasteiger partial charge < -0.3 is 4.74 Å². The highest BCUT2D eigenvalue weighted by Crippen LogP contribution is 2.09. The minimum absolute atomic E-state index is 0.142. The van der Waals surface area contributed by atoms with Crippen LogP contribution in [0.4, 0.5) is 0 Å². The number of nitrogens with one attached hydrogen (secondary N) is 1. The van der Waals surface area contributed by atoms with Gasteiger partial charge in [0.05, 0.1) is 11.5 Å². The van der Waals surface area contributed by atoms with E-state index in [2.05, 4.69) is 4.72 Å². The maximum absolute atomic E-state index is 11.9. The number of ether oxygens (including phenoxy) is 1. The van der Waals surface area contributed by atoms with E-state index in [1.807, 2.05) is 6.92 Å². The highest BCUT2D eigenvalue weighted by molar-refractivity contribution is 7.89. The van der Waals surface area contributed by atoms with Crippen molar-refractivity contribution >= 4 is 16.0 Å². The van der Waals surface area contributed by atoms with Crippen molar-refractivity contribution in [3.05, 3.63) is 54.1 Å². The molecule has 1 aromatic rings. The Bertz CT molecular complexity index is 616. The smallest absolute Gasteiger partial charge is 0.330 e. The number of carbonyl (C=O) groups excluding carboxylic acids is 1. The van der Waals surface area contributed by atoms with E-state index in [0.29, 0.717) is 6.61 Å². The van der Waals surface area contributed by atoms with E-state index in [4.69, 9.17) is 4.74 Å². The van der Waals surface area contributed by atoms with Gasteiger partial charge in [0.25, 0.3) is 0 Å². The monoisotopic (exact) mass is 309 g/mol. The molecule has 0 fully saturated rings. The van der Waals surface area contributed by atoms with E-state index in [1.54, 1.807) is 43.3 Å². The molecule has 0 aliphatic rings. The van der Waals surface area contributed by atoms with Crippen LogP contribution in [-0.2, 0) is 19.6 Å². The number of benzene rings is 1. The van der Waals surface area contributed by atoms with Crippen molar-refractivity contribution in [3.63, 3.8) is 0 Å². The topological polar surface area (TPSA) is 72.5 Å². The van der Waals surface area contributed by atoms with Gasteiger partial charge in [-0.25, -0.2) is 17.9 Å². The van der Waals surface area contributed by atoms with Crippen LogP contribution in [0.2, 0.25) is 0 Å². The number of allylic oxidation sites excluding steroid dienone is 2. The first kappa shape index (κ1) is 17.1. The lowest BCUT2D eigenvalue weighted by Crippen LogP contribution is -2.23. The third kappa shape index (κ3) is 6.37. The Morgan fingerprint density at radius 3 is 2.52 bits per heavy atom. The van der Waals surface area contributed by atoms with Crippen LogP contribution in [0.25, 0.3) is 0 Å². The Morgan fingerprint density at radius 1 is 1.24 bits per heavy atom. The van der Waals surface area contributed by atoms with Crippen LogP contribution in [0.15, 0.2) is 53.5 Å². The van der Waals surface area contributed by atoms with Crippen molar-refractivity contribution < 1.29 is 17.9 Å². The first-order valence-corrected chi connectivity index (χ1v) is 8.00. The summed E-state index contributed by atoms with van der Waals surface area (Å²) in [6.07, 6.45) is 5.95. The molecule has 0 amide bonds. The second kappa shape index (κ2) is 8.39. The second-order valence-corrected chi connectivity index (χ2v) is 5.97. The largest absolute Gasteiger partial charge is 0.463 e. The van der Waals surface area contributed by atoms with E-state index < -0.39 is 16.0 Å². The summed E-state index contributed by atoms with van der Waals surface area (Å²) < 4.78 is 31.0. The SMILES string of the molecule is CCOC(=O)/C=C/C=C\CNS(=O)(=O)c1ccc(C)cc1. The lowest BCUT2D eigenvalue weighted by atomic mass is 10.2. The Kier molecular flexibility index (Phi) is 6.84. The maximum atomic E-state index is 11.9. The zero-order chi connectivity index (χ0) is 15.7. The van der Waals surface area contributed by atoms with Gasteiger partial charge in [0.15, 0.2) is 0 Å². The normalized spacial score (nSPS) is 12.1. The van der Waals surface area contributed by atoms with Gasteiger partial charge in [0.1, 0.15) is 0 Å². The van der Waals surface area contributed by atoms with Gasteiger partial charge >= 0.3 is 5.97 Å². The minimum atomic E-state index is -3.51. The van der Waals surface area contributed by atoms with Gasteiger partial charge in [0.2, 0.25) is 10.0 Å². The van der Waals surface area contributed by atoms with Crippen LogP contribution in [0.5, 0.6) is 0 Å². The van der Waals surface area contributed by atoms with Crippen molar-refractivity contribution in [1.29, 1.82) is 0 Å². The first-order chi connectivity index (χ1) is 9.95. The molecule has 1 aromatic carbocycles. The Morgan fingerprint density at radius 2 is 1.90 bits per heavy atom. The molecule has 6 heteroatoms. The zero-order valence-corrected chi connectivity index (χ0v) is 12.9. The number of esters is 1. The summed E-state index contributed by atoms with van der Waals surface area (Å²) in [5, 5.41) is 0. The molecule has 21 heavy (non-hydrogen) atoms. The van der Waals surface area contributed by atoms with Crippen molar-refractivity contribution in [2.24, 2.45) is 0 Å². The highest BCUT2D eigenvalue weighted by atomic mass is 32.2. The number of carbonyl (C=O) groups is 1. The molecular formula is C15H19NO4S. The van der Waals surface area contributed by atoms with Gasteiger partial charge in [-0.05, 0) is 26.0 Å². The van der Waals surface area contributed by atoms with Gasteiger partial charge in [0, 0.05) is 12.6 Å². The molecule has 0 unspecified atom stereocenters. The standard InChI is InChI=1S/C15H19NO4S/c1-3-20-15(17)7-5-4-6-12-16-21(18,19)14-10-8-13(2)9-11-14/h4-11,16H,3,12H2,1-2H3/b6-4-,7-5+. The molecule has 0 heterocycles. The summed E-state index contributed by atoms with van der Waals surface area (Å²) in [6, 6.07) is 6.60. The molecule has 1 N–H and O–H groups in total. The Hall–Kier alpha value is -1.92. The third-order valence-electron chi connectivity index (χ3n) is 2.49.